The molecule has 0 radical (unpaired) electrons. The Morgan fingerprint density at radius 3 is 2.47 bits per heavy atom. The predicted octanol–water partition coefficient (Wildman–Crippen LogP) is 2.63. The van der Waals surface area contributed by atoms with Crippen molar-refractivity contribution in [2.45, 2.75) is 26.3 Å². The number of methoxy groups -OCH3 is 1. The Labute approximate surface area is 97.2 Å². The van der Waals surface area contributed by atoms with Gasteiger partial charge in [0.25, 0.3) is 0 Å². The minimum atomic E-state index is 0.0109. The fraction of sp³-hybridized carbons (Fsp3) is 0.500. The average Bonchev–Trinajstić information content (AvgIpc) is 2.21. The van der Waals surface area contributed by atoms with Crippen LogP contribution in [-0.2, 0) is 0 Å². The second kappa shape index (κ2) is 5.42. The van der Waals surface area contributed by atoms with E-state index in [-0.39, 0.29) is 6.04 Å². The highest BCUT2D eigenvalue weighted by Gasteiger charge is 2.12. The number of hydrogen-bond donors (Lipinski definition) is 2. The molecule has 0 heterocycles. The van der Waals surface area contributed by atoms with E-state index in [9.17, 15) is 0 Å². The molecule has 0 aliphatic rings. The van der Waals surface area contributed by atoms with Gasteiger partial charge in [-0.15, -0.1) is 0 Å². The topological polar surface area (TPSA) is 35.2 Å². The van der Waals surface area contributed by atoms with Crippen LogP contribution >= 0.6 is 12.6 Å². The van der Waals surface area contributed by atoms with E-state index in [1.807, 2.05) is 6.07 Å². The van der Waals surface area contributed by atoms with Crippen LogP contribution in [0, 0.1) is 13.8 Å². The molecule has 0 saturated carbocycles. The Morgan fingerprint density at radius 2 is 1.93 bits per heavy atom. The van der Waals surface area contributed by atoms with Crippen molar-refractivity contribution in [1.29, 1.82) is 0 Å². The van der Waals surface area contributed by atoms with Gasteiger partial charge in [-0.1, -0.05) is 6.07 Å². The average molecular weight is 225 g/mol. The third-order valence-corrected chi connectivity index (χ3v) is 2.94. The molecule has 2 N–H and O–H groups in total. The highest BCUT2D eigenvalue weighted by molar-refractivity contribution is 7.80. The van der Waals surface area contributed by atoms with Crippen molar-refractivity contribution in [1.82, 2.24) is 0 Å². The third-order valence-electron chi connectivity index (χ3n) is 2.69. The Bertz CT molecular complexity index is 339. The number of benzene rings is 1. The van der Waals surface area contributed by atoms with E-state index < -0.39 is 0 Å². The molecular weight excluding hydrogens is 206 g/mol. The first-order valence-corrected chi connectivity index (χ1v) is 5.75. The van der Waals surface area contributed by atoms with Crippen LogP contribution in [0.3, 0.4) is 0 Å². The van der Waals surface area contributed by atoms with E-state index >= 15 is 0 Å². The highest BCUT2D eigenvalue weighted by Crippen LogP contribution is 2.28. The first-order chi connectivity index (χ1) is 7.10. The lowest BCUT2D eigenvalue weighted by Gasteiger charge is -2.17. The quantitative estimate of drug-likeness (QED) is 0.773. The molecule has 1 atom stereocenters. The molecule has 0 amide bonds. The predicted molar refractivity (Wildman–Crippen MR) is 67.9 cm³/mol. The number of aryl methyl sites for hydroxylation is 2. The first-order valence-electron chi connectivity index (χ1n) is 5.11. The van der Waals surface area contributed by atoms with Crippen LogP contribution in [-0.4, -0.2) is 12.9 Å². The zero-order valence-electron chi connectivity index (χ0n) is 9.58. The lowest BCUT2D eigenvalue weighted by Crippen LogP contribution is -2.12. The molecule has 0 saturated heterocycles. The largest absolute Gasteiger partial charge is 0.496 e. The summed E-state index contributed by atoms with van der Waals surface area (Å²) in [5.41, 5.74) is 9.63. The third kappa shape index (κ3) is 2.89. The van der Waals surface area contributed by atoms with Crippen LogP contribution in [0.2, 0.25) is 0 Å². The monoisotopic (exact) mass is 225 g/mol. The van der Waals surface area contributed by atoms with Crippen molar-refractivity contribution >= 4 is 12.6 Å². The zero-order chi connectivity index (χ0) is 11.4. The van der Waals surface area contributed by atoms with Crippen LogP contribution in [0.15, 0.2) is 12.1 Å². The van der Waals surface area contributed by atoms with Gasteiger partial charge in [0, 0.05) is 11.6 Å². The molecule has 0 aliphatic carbocycles. The maximum absolute atomic E-state index is 6.07. The molecule has 15 heavy (non-hydrogen) atoms. The SMILES string of the molecule is COc1cc(C)c(C)cc1C(N)CCS. The normalized spacial score (nSPS) is 12.6. The van der Waals surface area contributed by atoms with Gasteiger partial charge in [0.1, 0.15) is 5.75 Å². The summed E-state index contributed by atoms with van der Waals surface area (Å²) in [6, 6.07) is 4.17. The molecular formula is C12H19NOS. The molecule has 1 aromatic rings. The minimum Gasteiger partial charge on any atom is -0.496 e. The molecule has 0 bridgehead atoms. The van der Waals surface area contributed by atoms with Crippen molar-refractivity contribution in [3.8, 4) is 5.75 Å². The maximum atomic E-state index is 6.07. The fourth-order valence-electron chi connectivity index (χ4n) is 1.57. The number of hydrogen-bond acceptors (Lipinski definition) is 3. The van der Waals surface area contributed by atoms with Crippen LogP contribution in [0.4, 0.5) is 0 Å². The van der Waals surface area contributed by atoms with E-state index in [1.54, 1.807) is 7.11 Å². The summed E-state index contributed by atoms with van der Waals surface area (Å²) in [4.78, 5) is 0. The van der Waals surface area contributed by atoms with E-state index in [0.717, 1.165) is 23.5 Å². The van der Waals surface area contributed by atoms with Crippen LogP contribution in [0.5, 0.6) is 5.75 Å². The number of nitrogens with two attached hydrogens (primary N) is 1. The molecule has 0 fully saturated rings. The number of ether oxygens (including phenoxy) is 1. The number of thiol groups is 1. The zero-order valence-corrected chi connectivity index (χ0v) is 10.5. The Morgan fingerprint density at radius 1 is 1.33 bits per heavy atom. The Hall–Kier alpha value is -0.670. The van der Waals surface area contributed by atoms with Gasteiger partial charge >= 0.3 is 0 Å². The lowest BCUT2D eigenvalue weighted by molar-refractivity contribution is 0.404. The summed E-state index contributed by atoms with van der Waals surface area (Å²) in [5, 5.41) is 0. The van der Waals surface area contributed by atoms with Crippen molar-refractivity contribution in [3.63, 3.8) is 0 Å². The molecule has 0 spiro atoms. The molecule has 3 heteroatoms. The van der Waals surface area contributed by atoms with Crippen LogP contribution in [0.1, 0.15) is 29.2 Å². The summed E-state index contributed by atoms with van der Waals surface area (Å²) in [6.07, 6.45) is 0.863. The smallest absolute Gasteiger partial charge is 0.123 e. The standard InChI is InChI=1S/C12H19NOS/c1-8-6-10(11(13)4-5-15)12(14-3)7-9(8)2/h6-7,11,15H,4-5,13H2,1-3H3. The van der Waals surface area contributed by atoms with E-state index in [4.69, 9.17) is 10.5 Å². The molecule has 2 nitrogen and oxygen atoms in total. The molecule has 1 rings (SSSR count). The van der Waals surface area contributed by atoms with Gasteiger partial charge in [-0.05, 0) is 43.2 Å². The lowest BCUT2D eigenvalue weighted by atomic mass is 9.99. The van der Waals surface area contributed by atoms with Crippen molar-refractivity contribution in [2.24, 2.45) is 5.73 Å². The highest BCUT2D eigenvalue weighted by atomic mass is 32.1. The summed E-state index contributed by atoms with van der Waals surface area (Å²) in [5.74, 6) is 1.67. The van der Waals surface area contributed by atoms with Gasteiger partial charge in [0.05, 0.1) is 7.11 Å². The van der Waals surface area contributed by atoms with Crippen LogP contribution < -0.4 is 10.5 Å². The van der Waals surface area contributed by atoms with Gasteiger partial charge in [-0.25, -0.2) is 0 Å². The Balaban J connectivity index is 3.09. The van der Waals surface area contributed by atoms with Crippen molar-refractivity contribution in [2.75, 3.05) is 12.9 Å². The molecule has 0 aliphatic heterocycles. The summed E-state index contributed by atoms with van der Waals surface area (Å²) < 4.78 is 5.34. The summed E-state index contributed by atoms with van der Waals surface area (Å²) in [7, 11) is 1.68. The van der Waals surface area contributed by atoms with Crippen LogP contribution in [0.25, 0.3) is 0 Å². The van der Waals surface area contributed by atoms with Gasteiger partial charge in [-0.3, -0.25) is 0 Å². The maximum Gasteiger partial charge on any atom is 0.123 e. The second-order valence-electron chi connectivity index (χ2n) is 3.80. The van der Waals surface area contributed by atoms with E-state index in [1.165, 1.54) is 11.1 Å². The minimum absolute atomic E-state index is 0.0109. The van der Waals surface area contributed by atoms with Gasteiger partial charge < -0.3 is 10.5 Å². The first kappa shape index (κ1) is 12.4. The van der Waals surface area contributed by atoms with Crippen molar-refractivity contribution < 1.29 is 4.74 Å². The fourth-order valence-corrected chi connectivity index (χ4v) is 1.85. The Kier molecular flexibility index (Phi) is 4.48. The summed E-state index contributed by atoms with van der Waals surface area (Å²) >= 11 is 4.20. The van der Waals surface area contributed by atoms with Crippen molar-refractivity contribution in [3.05, 3.63) is 28.8 Å². The number of rotatable bonds is 4. The van der Waals surface area contributed by atoms with E-state index in [2.05, 4.69) is 32.5 Å². The van der Waals surface area contributed by atoms with Gasteiger partial charge in [0.15, 0.2) is 0 Å². The van der Waals surface area contributed by atoms with E-state index in [0.29, 0.717) is 0 Å². The molecule has 0 aromatic heterocycles. The molecule has 84 valence electrons. The van der Waals surface area contributed by atoms with Gasteiger partial charge in [0.2, 0.25) is 0 Å². The van der Waals surface area contributed by atoms with Gasteiger partial charge in [-0.2, -0.15) is 12.6 Å². The molecule has 1 unspecified atom stereocenters. The second-order valence-corrected chi connectivity index (χ2v) is 4.24. The molecule has 1 aromatic carbocycles. The summed E-state index contributed by atoms with van der Waals surface area (Å²) in [6.45, 7) is 4.16.